The van der Waals surface area contributed by atoms with Gasteiger partial charge in [-0.05, 0) is 56.4 Å². The van der Waals surface area contributed by atoms with Crippen LogP contribution in [0.1, 0.15) is 53.4 Å². The van der Waals surface area contributed by atoms with Gasteiger partial charge in [0.15, 0.2) is 5.82 Å². The van der Waals surface area contributed by atoms with Crippen molar-refractivity contribution in [2.75, 3.05) is 38.3 Å². The van der Waals surface area contributed by atoms with E-state index in [2.05, 4.69) is 32.0 Å². The number of nitrogens with zero attached hydrogens (tertiary/aromatic N) is 6. The molecule has 2 aromatic heterocycles. The van der Waals surface area contributed by atoms with Gasteiger partial charge in [-0.15, -0.1) is 0 Å². The highest BCUT2D eigenvalue weighted by molar-refractivity contribution is 5.79. The van der Waals surface area contributed by atoms with Crippen LogP contribution in [0.5, 0.6) is 0 Å². The van der Waals surface area contributed by atoms with Crippen LogP contribution in [-0.4, -0.2) is 59.0 Å². The topological polar surface area (TPSA) is 99.3 Å². The standard InChI is InChI=1S/C29H33N7O2/c1-19-5-6-21(17-32-19)24-14-20-4-3-10-35(27(20)15-22(24)16-30)28-25-18-34(29(37)31-2)11-7-26(25)36(33-28)23-8-12-38-13-9-23/h5-6,14-15,17,23H,3-4,7-13,18H2,1-2H3,(H,31,37). The van der Waals surface area contributed by atoms with Crippen molar-refractivity contribution in [3.05, 3.63) is 58.5 Å². The number of aromatic nitrogens is 3. The fourth-order valence-corrected chi connectivity index (χ4v) is 6.02. The first-order valence-corrected chi connectivity index (χ1v) is 13.5. The van der Waals surface area contributed by atoms with E-state index in [9.17, 15) is 10.1 Å². The van der Waals surface area contributed by atoms with Crippen molar-refractivity contribution in [1.82, 2.24) is 25.0 Å². The summed E-state index contributed by atoms with van der Waals surface area (Å²) in [7, 11) is 1.68. The molecule has 6 rings (SSSR count). The molecule has 3 aliphatic rings. The Morgan fingerprint density at radius 1 is 1.18 bits per heavy atom. The van der Waals surface area contributed by atoms with Gasteiger partial charge in [-0.3, -0.25) is 9.67 Å². The van der Waals surface area contributed by atoms with Gasteiger partial charge in [0.1, 0.15) is 0 Å². The molecule has 2 amide bonds. The number of carbonyl (C=O) groups is 1. The van der Waals surface area contributed by atoms with Crippen molar-refractivity contribution in [2.24, 2.45) is 0 Å². The second kappa shape index (κ2) is 10.1. The zero-order valence-corrected chi connectivity index (χ0v) is 22.0. The molecule has 196 valence electrons. The lowest BCUT2D eigenvalue weighted by molar-refractivity contribution is 0.0651. The van der Waals surface area contributed by atoms with Crippen molar-refractivity contribution in [3.63, 3.8) is 0 Å². The highest BCUT2D eigenvalue weighted by Gasteiger charge is 2.34. The van der Waals surface area contributed by atoms with Gasteiger partial charge in [-0.1, -0.05) is 6.07 Å². The van der Waals surface area contributed by atoms with Crippen LogP contribution in [0.4, 0.5) is 16.3 Å². The molecule has 0 bridgehead atoms. The number of carbonyl (C=O) groups excluding carboxylic acids is 1. The van der Waals surface area contributed by atoms with E-state index in [0.29, 0.717) is 24.7 Å². The van der Waals surface area contributed by atoms with E-state index < -0.39 is 0 Å². The Balaban J connectivity index is 1.45. The Morgan fingerprint density at radius 3 is 2.76 bits per heavy atom. The van der Waals surface area contributed by atoms with Crippen molar-refractivity contribution in [1.29, 1.82) is 5.26 Å². The summed E-state index contributed by atoms with van der Waals surface area (Å²) >= 11 is 0. The third-order valence-electron chi connectivity index (χ3n) is 8.04. The molecule has 0 spiro atoms. The summed E-state index contributed by atoms with van der Waals surface area (Å²) in [6.07, 6.45) is 6.43. The van der Waals surface area contributed by atoms with E-state index >= 15 is 0 Å². The van der Waals surface area contributed by atoms with Crippen LogP contribution in [0.15, 0.2) is 30.5 Å². The summed E-state index contributed by atoms with van der Waals surface area (Å²) in [5.74, 6) is 0.912. The molecule has 1 saturated heterocycles. The van der Waals surface area contributed by atoms with Gasteiger partial charge in [0, 0.05) is 79.7 Å². The average Bonchev–Trinajstić information content (AvgIpc) is 3.35. The van der Waals surface area contributed by atoms with Crippen molar-refractivity contribution >= 4 is 17.5 Å². The molecule has 0 radical (unpaired) electrons. The molecule has 0 unspecified atom stereocenters. The predicted molar refractivity (Wildman–Crippen MR) is 144 cm³/mol. The normalized spacial score (nSPS) is 17.5. The molecular weight excluding hydrogens is 478 g/mol. The van der Waals surface area contributed by atoms with Gasteiger partial charge >= 0.3 is 6.03 Å². The van der Waals surface area contributed by atoms with E-state index in [1.807, 2.05) is 36.2 Å². The maximum absolute atomic E-state index is 12.6. The van der Waals surface area contributed by atoms with Crippen molar-refractivity contribution in [3.8, 4) is 17.2 Å². The third kappa shape index (κ3) is 4.29. The number of fused-ring (bicyclic) bond motifs is 2. The third-order valence-corrected chi connectivity index (χ3v) is 8.04. The summed E-state index contributed by atoms with van der Waals surface area (Å²) in [5.41, 5.74) is 8.03. The largest absolute Gasteiger partial charge is 0.381 e. The van der Waals surface area contributed by atoms with Gasteiger partial charge in [0.2, 0.25) is 0 Å². The van der Waals surface area contributed by atoms with E-state index in [1.165, 1.54) is 11.3 Å². The summed E-state index contributed by atoms with van der Waals surface area (Å²) in [5, 5.41) is 18.1. The van der Waals surface area contributed by atoms with Crippen LogP contribution in [0.3, 0.4) is 0 Å². The molecule has 9 heteroatoms. The zero-order chi connectivity index (χ0) is 26.2. The van der Waals surface area contributed by atoms with E-state index in [-0.39, 0.29) is 6.03 Å². The Bertz CT molecular complexity index is 1400. The fraction of sp³-hybridized carbons (Fsp3) is 0.448. The SMILES string of the molecule is CNC(=O)N1CCc2c(c(N3CCCc4cc(-c5ccc(C)nc5)c(C#N)cc43)nn2C2CCOCC2)C1. The van der Waals surface area contributed by atoms with Crippen LogP contribution in [-0.2, 0) is 24.1 Å². The summed E-state index contributed by atoms with van der Waals surface area (Å²) in [6, 6.07) is 10.8. The lowest BCUT2D eigenvalue weighted by Crippen LogP contribution is -2.42. The van der Waals surface area contributed by atoms with Gasteiger partial charge in [0.05, 0.1) is 24.2 Å². The van der Waals surface area contributed by atoms with Crippen LogP contribution < -0.4 is 10.2 Å². The molecule has 1 N–H and O–H groups in total. The minimum absolute atomic E-state index is 0.0671. The number of anilines is 2. The second-order valence-corrected chi connectivity index (χ2v) is 10.3. The molecule has 9 nitrogen and oxygen atoms in total. The minimum Gasteiger partial charge on any atom is -0.381 e. The van der Waals surface area contributed by atoms with Crippen molar-refractivity contribution in [2.45, 2.75) is 51.6 Å². The number of benzene rings is 1. The number of hydrogen-bond acceptors (Lipinski definition) is 6. The smallest absolute Gasteiger partial charge is 0.317 e. The van der Waals surface area contributed by atoms with Crippen molar-refractivity contribution < 1.29 is 9.53 Å². The van der Waals surface area contributed by atoms with Gasteiger partial charge in [-0.25, -0.2) is 4.79 Å². The maximum Gasteiger partial charge on any atom is 0.317 e. The summed E-state index contributed by atoms with van der Waals surface area (Å²) in [6.45, 7) is 5.47. The van der Waals surface area contributed by atoms with E-state index in [0.717, 1.165) is 85.8 Å². The predicted octanol–water partition coefficient (Wildman–Crippen LogP) is 4.26. The Hall–Kier alpha value is -3.90. The average molecular weight is 512 g/mol. The molecule has 1 fully saturated rings. The Morgan fingerprint density at radius 2 is 2.03 bits per heavy atom. The first-order valence-electron chi connectivity index (χ1n) is 13.5. The zero-order valence-electron chi connectivity index (χ0n) is 22.0. The highest BCUT2D eigenvalue weighted by atomic mass is 16.5. The molecule has 0 saturated carbocycles. The number of amides is 2. The van der Waals surface area contributed by atoms with Crippen LogP contribution in [0, 0.1) is 18.3 Å². The number of ether oxygens (including phenoxy) is 1. The molecule has 3 aromatic rings. The number of pyridine rings is 1. The Labute approximate surface area is 223 Å². The van der Waals surface area contributed by atoms with Gasteiger partial charge in [-0.2, -0.15) is 10.4 Å². The number of aryl methyl sites for hydroxylation is 2. The summed E-state index contributed by atoms with van der Waals surface area (Å²) in [4.78, 5) is 21.2. The Kier molecular flexibility index (Phi) is 6.50. The molecular formula is C29H33N7O2. The minimum atomic E-state index is -0.0671. The molecule has 38 heavy (non-hydrogen) atoms. The van der Waals surface area contributed by atoms with Crippen LogP contribution >= 0.6 is 0 Å². The monoisotopic (exact) mass is 511 g/mol. The van der Waals surface area contributed by atoms with Gasteiger partial charge in [0.25, 0.3) is 0 Å². The number of nitrogens with one attached hydrogen (secondary N) is 1. The highest BCUT2D eigenvalue weighted by Crippen LogP contribution is 2.41. The quantitative estimate of drug-likeness (QED) is 0.564. The van der Waals surface area contributed by atoms with Gasteiger partial charge < -0.3 is 19.9 Å². The second-order valence-electron chi connectivity index (χ2n) is 10.3. The number of hydrogen-bond donors (Lipinski definition) is 1. The summed E-state index contributed by atoms with van der Waals surface area (Å²) < 4.78 is 7.85. The lowest BCUT2D eigenvalue weighted by Gasteiger charge is -2.33. The fourth-order valence-electron chi connectivity index (χ4n) is 6.02. The molecule has 0 atom stereocenters. The van der Waals surface area contributed by atoms with E-state index in [1.54, 1.807) is 7.05 Å². The van der Waals surface area contributed by atoms with Crippen LogP contribution in [0.25, 0.3) is 11.1 Å². The molecule has 3 aliphatic heterocycles. The first kappa shape index (κ1) is 24.4. The van der Waals surface area contributed by atoms with Crippen LogP contribution in [0.2, 0.25) is 0 Å². The molecule has 0 aliphatic carbocycles. The number of urea groups is 1. The van der Waals surface area contributed by atoms with E-state index in [4.69, 9.17) is 9.84 Å². The number of rotatable bonds is 3. The first-order chi connectivity index (χ1) is 18.6. The molecule has 5 heterocycles. The molecule has 1 aromatic carbocycles. The maximum atomic E-state index is 12.6. The number of nitriles is 1. The lowest BCUT2D eigenvalue weighted by atomic mass is 9.92.